The number of aromatic nitrogens is 2. The molecular weight excluding hydrogens is 311 g/mol. The van der Waals surface area contributed by atoms with E-state index in [9.17, 15) is 13.2 Å². The average molecular weight is 316 g/mol. The van der Waals surface area contributed by atoms with E-state index in [0.29, 0.717) is 0 Å². The van der Waals surface area contributed by atoms with Crippen LogP contribution in [0.1, 0.15) is 11.3 Å². The third-order valence-electron chi connectivity index (χ3n) is 2.21. The molecule has 18 heavy (non-hydrogen) atoms. The lowest BCUT2D eigenvalue weighted by atomic mass is 10.2. The second kappa shape index (κ2) is 4.46. The first-order valence-electron chi connectivity index (χ1n) is 4.74. The Morgan fingerprint density at radius 2 is 2.06 bits per heavy atom. The predicted molar refractivity (Wildman–Crippen MR) is 61.0 cm³/mol. The molecule has 2 aromatic rings. The number of halogens is 4. The summed E-state index contributed by atoms with van der Waals surface area (Å²) in [5.41, 5.74) is -0.447. The Bertz CT molecular complexity index is 625. The third-order valence-corrected chi connectivity index (χ3v) is 2.79. The van der Waals surface area contributed by atoms with E-state index < -0.39 is 11.9 Å². The van der Waals surface area contributed by atoms with Crippen LogP contribution < -0.4 is 0 Å². The van der Waals surface area contributed by atoms with Crippen LogP contribution in [-0.2, 0) is 6.18 Å². The van der Waals surface area contributed by atoms with Crippen molar-refractivity contribution < 1.29 is 13.2 Å². The fraction of sp³-hybridized carbons (Fsp3) is 0.0909. The normalized spacial score (nSPS) is 11.3. The number of nitrogens with zero attached hydrogens (tertiary/aromatic N) is 3. The molecule has 0 aliphatic rings. The zero-order valence-corrected chi connectivity index (χ0v) is 10.3. The lowest BCUT2D eigenvalue weighted by Gasteiger charge is -2.11. The summed E-state index contributed by atoms with van der Waals surface area (Å²) < 4.78 is 39.2. The van der Waals surface area contributed by atoms with Crippen LogP contribution in [-0.4, -0.2) is 9.78 Å². The minimum Gasteiger partial charge on any atom is -0.227 e. The van der Waals surface area contributed by atoms with Crippen LogP contribution in [0.15, 0.2) is 34.9 Å². The minimum atomic E-state index is -4.53. The number of hydrogen-bond donors (Lipinski definition) is 0. The Labute approximate surface area is 109 Å². The van der Waals surface area contributed by atoms with Gasteiger partial charge >= 0.3 is 6.18 Å². The number of nitriles is 1. The van der Waals surface area contributed by atoms with Gasteiger partial charge in [-0.15, -0.1) is 0 Å². The van der Waals surface area contributed by atoms with Crippen molar-refractivity contribution in [1.29, 1.82) is 5.26 Å². The molecule has 0 radical (unpaired) electrons. The molecule has 0 aliphatic heterocycles. The van der Waals surface area contributed by atoms with E-state index in [4.69, 9.17) is 5.26 Å². The molecule has 3 nitrogen and oxygen atoms in total. The Balaban J connectivity index is 2.62. The number of benzene rings is 1. The molecule has 0 spiro atoms. The maximum Gasteiger partial charge on any atom is 0.434 e. The predicted octanol–water partition coefficient (Wildman–Crippen LogP) is 3.53. The van der Waals surface area contributed by atoms with E-state index in [0.717, 1.165) is 10.9 Å². The molecule has 92 valence electrons. The van der Waals surface area contributed by atoms with E-state index in [2.05, 4.69) is 21.0 Å². The molecule has 1 heterocycles. The van der Waals surface area contributed by atoms with Crippen LogP contribution in [0.25, 0.3) is 5.69 Å². The van der Waals surface area contributed by atoms with Crippen LogP contribution in [0.3, 0.4) is 0 Å². The van der Waals surface area contributed by atoms with Gasteiger partial charge in [-0.25, -0.2) is 4.68 Å². The van der Waals surface area contributed by atoms with E-state index in [1.807, 2.05) is 6.07 Å². The second-order valence-corrected chi connectivity index (χ2v) is 4.27. The van der Waals surface area contributed by atoms with Gasteiger partial charge in [0.25, 0.3) is 0 Å². The molecule has 1 aromatic heterocycles. The van der Waals surface area contributed by atoms with Gasteiger partial charge in [0.05, 0.1) is 28.0 Å². The van der Waals surface area contributed by atoms with E-state index >= 15 is 0 Å². The maximum atomic E-state index is 12.9. The largest absolute Gasteiger partial charge is 0.434 e. The van der Waals surface area contributed by atoms with Gasteiger partial charge < -0.3 is 0 Å². The molecule has 0 saturated heterocycles. The standard InChI is InChI=1S/C11H5BrF3N3/c12-9-6-17-18(10(9)11(13,14)15)8-3-1-2-7(4-8)5-16/h1-4,6H. The van der Waals surface area contributed by atoms with Crippen LogP contribution in [0.4, 0.5) is 13.2 Å². The van der Waals surface area contributed by atoms with Gasteiger partial charge in [0, 0.05) is 0 Å². The van der Waals surface area contributed by atoms with Crippen molar-refractivity contribution in [2.45, 2.75) is 6.18 Å². The van der Waals surface area contributed by atoms with E-state index in [-0.39, 0.29) is 15.7 Å². The Morgan fingerprint density at radius 1 is 1.33 bits per heavy atom. The van der Waals surface area contributed by atoms with Crippen molar-refractivity contribution in [2.24, 2.45) is 0 Å². The van der Waals surface area contributed by atoms with Crippen LogP contribution in [0.2, 0.25) is 0 Å². The van der Waals surface area contributed by atoms with Gasteiger partial charge in [-0.2, -0.15) is 23.5 Å². The lowest BCUT2D eigenvalue weighted by Crippen LogP contribution is -2.14. The fourth-order valence-corrected chi connectivity index (χ4v) is 1.97. The average Bonchev–Trinajstić information content (AvgIpc) is 2.71. The van der Waals surface area contributed by atoms with Crippen molar-refractivity contribution >= 4 is 15.9 Å². The highest BCUT2D eigenvalue weighted by molar-refractivity contribution is 9.10. The summed E-state index contributed by atoms with van der Waals surface area (Å²) in [6.45, 7) is 0. The molecule has 0 N–H and O–H groups in total. The summed E-state index contributed by atoms with van der Waals surface area (Å²) in [5.74, 6) is 0. The fourth-order valence-electron chi connectivity index (χ4n) is 1.49. The molecular formula is C11H5BrF3N3. The van der Waals surface area contributed by atoms with Crippen molar-refractivity contribution in [2.75, 3.05) is 0 Å². The van der Waals surface area contributed by atoms with Crippen molar-refractivity contribution in [1.82, 2.24) is 9.78 Å². The molecule has 0 atom stereocenters. The van der Waals surface area contributed by atoms with E-state index in [1.54, 1.807) is 0 Å². The van der Waals surface area contributed by atoms with Crippen LogP contribution in [0, 0.1) is 11.3 Å². The molecule has 1 aromatic carbocycles. The summed E-state index contributed by atoms with van der Waals surface area (Å²) in [6, 6.07) is 7.68. The summed E-state index contributed by atoms with van der Waals surface area (Å²) in [7, 11) is 0. The highest BCUT2D eigenvalue weighted by Gasteiger charge is 2.38. The number of hydrogen-bond acceptors (Lipinski definition) is 2. The van der Waals surface area contributed by atoms with Gasteiger partial charge in [-0.1, -0.05) is 6.07 Å². The van der Waals surface area contributed by atoms with Crippen molar-refractivity contribution in [3.63, 3.8) is 0 Å². The Hall–Kier alpha value is -1.81. The Kier molecular flexibility index (Phi) is 3.13. The quantitative estimate of drug-likeness (QED) is 0.808. The summed E-state index contributed by atoms with van der Waals surface area (Å²) in [5, 5.41) is 12.4. The lowest BCUT2D eigenvalue weighted by molar-refractivity contribution is -0.143. The maximum absolute atomic E-state index is 12.9. The first-order valence-corrected chi connectivity index (χ1v) is 5.54. The van der Waals surface area contributed by atoms with Crippen LogP contribution >= 0.6 is 15.9 Å². The van der Waals surface area contributed by atoms with E-state index in [1.165, 1.54) is 24.3 Å². The summed E-state index contributed by atoms with van der Waals surface area (Å²) in [6.07, 6.45) is -3.46. The molecule has 0 bridgehead atoms. The smallest absolute Gasteiger partial charge is 0.227 e. The van der Waals surface area contributed by atoms with Crippen molar-refractivity contribution in [3.8, 4) is 11.8 Å². The van der Waals surface area contributed by atoms with Crippen LogP contribution in [0.5, 0.6) is 0 Å². The first-order chi connectivity index (χ1) is 8.43. The topological polar surface area (TPSA) is 41.6 Å². The van der Waals surface area contributed by atoms with Gasteiger partial charge in [-0.05, 0) is 34.1 Å². The SMILES string of the molecule is N#Cc1cccc(-n2ncc(Br)c2C(F)(F)F)c1. The summed E-state index contributed by atoms with van der Waals surface area (Å²) in [4.78, 5) is 0. The Morgan fingerprint density at radius 3 is 2.67 bits per heavy atom. The first kappa shape index (κ1) is 12.6. The van der Waals surface area contributed by atoms with Gasteiger partial charge in [0.1, 0.15) is 0 Å². The number of alkyl halides is 3. The second-order valence-electron chi connectivity index (χ2n) is 3.41. The van der Waals surface area contributed by atoms with Gasteiger partial charge in [0.15, 0.2) is 5.69 Å². The third kappa shape index (κ3) is 2.24. The molecule has 0 aliphatic carbocycles. The molecule has 2 rings (SSSR count). The molecule has 0 amide bonds. The monoisotopic (exact) mass is 315 g/mol. The number of rotatable bonds is 1. The highest BCUT2D eigenvalue weighted by atomic mass is 79.9. The zero-order valence-electron chi connectivity index (χ0n) is 8.74. The molecule has 7 heteroatoms. The van der Waals surface area contributed by atoms with Gasteiger partial charge in [-0.3, -0.25) is 0 Å². The highest BCUT2D eigenvalue weighted by Crippen LogP contribution is 2.36. The van der Waals surface area contributed by atoms with Crippen molar-refractivity contribution in [3.05, 3.63) is 46.2 Å². The minimum absolute atomic E-state index is 0.141. The molecule has 0 unspecified atom stereocenters. The molecule has 0 saturated carbocycles. The van der Waals surface area contributed by atoms with Gasteiger partial charge in [0.2, 0.25) is 0 Å². The summed E-state index contributed by atoms with van der Waals surface area (Å²) >= 11 is 2.82. The zero-order chi connectivity index (χ0) is 13.3. The molecule has 0 fully saturated rings.